The molecular weight excluding hydrogens is 332 g/mol. The van der Waals surface area contributed by atoms with Crippen LogP contribution < -0.4 is 0 Å². The topological polar surface area (TPSA) is 41.9 Å². The summed E-state index contributed by atoms with van der Waals surface area (Å²) in [7, 11) is 0. The monoisotopic (exact) mass is 364 g/mol. The van der Waals surface area contributed by atoms with Crippen LogP contribution in [0.5, 0.6) is 0 Å². The van der Waals surface area contributed by atoms with Crippen LogP contribution in [-0.4, -0.2) is 46.3 Å². The van der Waals surface area contributed by atoms with Crippen molar-refractivity contribution in [2.75, 3.05) is 6.54 Å². The number of nitrogens with zero attached hydrogens (tertiary/aromatic N) is 2. The lowest BCUT2D eigenvalue weighted by Gasteiger charge is -2.62. The van der Waals surface area contributed by atoms with Crippen LogP contribution >= 0.6 is 12.2 Å². The van der Waals surface area contributed by atoms with E-state index in [1.54, 1.807) is 6.92 Å². The molecule has 5 unspecified atom stereocenters. The molecule has 1 saturated carbocycles. The third-order valence-electron chi connectivity index (χ3n) is 6.79. The Morgan fingerprint density at radius 3 is 2.92 bits per heavy atom. The summed E-state index contributed by atoms with van der Waals surface area (Å²) in [5.74, 6) is 0.368. The van der Waals surface area contributed by atoms with Crippen molar-refractivity contribution in [2.24, 2.45) is 10.9 Å². The van der Waals surface area contributed by atoms with Gasteiger partial charge in [0.25, 0.3) is 0 Å². The number of esters is 1. The predicted molar refractivity (Wildman–Crippen MR) is 103 cm³/mol. The summed E-state index contributed by atoms with van der Waals surface area (Å²) >= 11 is 4.87. The molecule has 3 rings (SSSR count). The number of aliphatic imine (C=N–C) groups is 1. The molecule has 5 heteroatoms. The zero-order valence-corrected chi connectivity index (χ0v) is 16.5. The van der Waals surface area contributed by atoms with Gasteiger partial charge < -0.3 is 4.74 Å². The minimum absolute atomic E-state index is 0.0986. The van der Waals surface area contributed by atoms with Gasteiger partial charge in [-0.05, 0) is 44.3 Å². The van der Waals surface area contributed by atoms with E-state index in [-0.39, 0.29) is 17.6 Å². The molecule has 25 heavy (non-hydrogen) atoms. The zero-order chi connectivity index (χ0) is 17.9. The Bertz CT molecular complexity index is 534. The number of ether oxygens (including phenoxy) is 1. The molecule has 0 aromatic carbocycles. The summed E-state index contributed by atoms with van der Waals surface area (Å²) in [4.78, 5) is 18.9. The maximum Gasteiger partial charge on any atom is 0.302 e. The number of unbranched alkanes of at least 4 members (excludes halogenated alkanes) is 1. The normalized spacial score (nSPS) is 38.2. The molecule has 0 radical (unpaired) electrons. The number of thiocarbonyl (C=S) groups is 1. The minimum Gasteiger partial charge on any atom is -0.462 e. The second-order valence-corrected chi connectivity index (χ2v) is 8.38. The maximum atomic E-state index is 11.7. The van der Waals surface area contributed by atoms with E-state index in [1.807, 2.05) is 0 Å². The second-order valence-electron chi connectivity index (χ2n) is 8.20. The Morgan fingerprint density at radius 1 is 1.36 bits per heavy atom. The Labute approximate surface area is 157 Å². The molecule has 0 amide bonds. The van der Waals surface area contributed by atoms with E-state index in [0.717, 1.165) is 25.8 Å². The quantitative estimate of drug-likeness (QED) is 0.412. The summed E-state index contributed by atoms with van der Waals surface area (Å²) < 4.78 is 5.87. The van der Waals surface area contributed by atoms with E-state index in [2.05, 4.69) is 22.0 Å². The second kappa shape index (κ2) is 8.28. The summed E-state index contributed by atoms with van der Waals surface area (Å²) in [6.07, 6.45) is 11.9. The third kappa shape index (κ3) is 3.84. The van der Waals surface area contributed by atoms with Gasteiger partial charge in [0.1, 0.15) is 6.10 Å². The molecule has 0 N–H and O–H groups in total. The molecule has 1 aliphatic carbocycles. The van der Waals surface area contributed by atoms with E-state index in [9.17, 15) is 4.79 Å². The number of piperidine rings is 2. The van der Waals surface area contributed by atoms with Crippen LogP contribution in [0.15, 0.2) is 4.99 Å². The van der Waals surface area contributed by atoms with E-state index in [1.165, 1.54) is 44.9 Å². The third-order valence-corrected chi connectivity index (χ3v) is 6.90. The minimum atomic E-state index is -0.118. The number of hydrogen-bond acceptors (Lipinski definition) is 5. The van der Waals surface area contributed by atoms with E-state index in [0.29, 0.717) is 18.0 Å². The van der Waals surface area contributed by atoms with Crippen molar-refractivity contribution in [3.8, 4) is 0 Å². The van der Waals surface area contributed by atoms with E-state index >= 15 is 0 Å². The fourth-order valence-corrected chi connectivity index (χ4v) is 5.97. The summed E-state index contributed by atoms with van der Waals surface area (Å²) in [6, 6.07) is 0.793. The Balaban J connectivity index is 1.90. The van der Waals surface area contributed by atoms with Gasteiger partial charge in [0.15, 0.2) is 0 Å². The van der Waals surface area contributed by atoms with Crippen molar-refractivity contribution < 1.29 is 9.53 Å². The predicted octanol–water partition coefficient (Wildman–Crippen LogP) is 4.38. The Kier molecular flexibility index (Phi) is 6.30. The first-order chi connectivity index (χ1) is 12.1. The van der Waals surface area contributed by atoms with Gasteiger partial charge in [-0.3, -0.25) is 9.69 Å². The van der Waals surface area contributed by atoms with Crippen LogP contribution in [0.2, 0.25) is 0 Å². The molecule has 3 fully saturated rings. The molecule has 5 atom stereocenters. The van der Waals surface area contributed by atoms with Gasteiger partial charge in [-0.2, -0.15) is 0 Å². The first-order valence-electron chi connectivity index (χ1n) is 10.1. The standard InChI is InChI=1S/C20H32N2O2S/c1-3-4-7-17-12-19(24-15(2)23)18-8-5-6-10-20(18)11-9-16(21-14-25)13-22(17)20/h16-19H,3-13H2,1-2H3. The average Bonchev–Trinajstić information content (AvgIpc) is 2.60. The summed E-state index contributed by atoms with van der Waals surface area (Å²) in [6.45, 7) is 4.82. The van der Waals surface area contributed by atoms with Crippen LogP contribution in [-0.2, 0) is 9.53 Å². The number of rotatable bonds is 5. The molecular formula is C20H32N2O2S. The van der Waals surface area contributed by atoms with Gasteiger partial charge in [0.2, 0.25) is 0 Å². The van der Waals surface area contributed by atoms with Crippen molar-refractivity contribution in [2.45, 2.75) is 102 Å². The molecule has 0 bridgehead atoms. The number of hydrogen-bond donors (Lipinski definition) is 0. The maximum absolute atomic E-state index is 11.7. The smallest absolute Gasteiger partial charge is 0.302 e. The number of carbonyl (C=O) groups excluding carboxylic acids is 1. The van der Waals surface area contributed by atoms with E-state index in [4.69, 9.17) is 17.0 Å². The molecule has 1 spiro atoms. The van der Waals surface area contributed by atoms with Crippen molar-refractivity contribution in [1.29, 1.82) is 0 Å². The summed E-state index contributed by atoms with van der Waals surface area (Å²) in [5, 5.41) is 2.61. The molecule has 3 aliphatic rings. The molecule has 2 saturated heterocycles. The van der Waals surface area contributed by atoms with Crippen molar-refractivity contribution in [1.82, 2.24) is 4.90 Å². The lowest BCUT2D eigenvalue weighted by molar-refractivity contribution is -0.179. The van der Waals surface area contributed by atoms with Gasteiger partial charge in [-0.25, -0.2) is 4.99 Å². The molecule has 2 aliphatic heterocycles. The lowest BCUT2D eigenvalue weighted by Crippen LogP contribution is -2.69. The first-order valence-corrected chi connectivity index (χ1v) is 10.5. The van der Waals surface area contributed by atoms with Crippen molar-refractivity contribution >= 4 is 23.3 Å². The van der Waals surface area contributed by atoms with Crippen molar-refractivity contribution in [3.63, 3.8) is 0 Å². The molecule has 140 valence electrons. The highest BCUT2D eigenvalue weighted by Crippen LogP contribution is 2.52. The SMILES string of the molecule is CCCCC1CC(OC(C)=O)C2CCCCC23CCC(N=C=S)CN13. The fourth-order valence-electron chi connectivity index (χ4n) is 5.82. The lowest BCUT2D eigenvalue weighted by atomic mass is 9.61. The van der Waals surface area contributed by atoms with Gasteiger partial charge >= 0.3 is 5.97 Å². The Hall–Kier alpha value is -0.770. The van der Waals surface area contributed by atoms with Gasteiger partial charge in [-0.15, -0.1) is 0 Å². The Morgan fingerprint density at radius 2 is 2.20 bits per heavy atom. The fraction of sp³-hybridized carbons (Fsp3) is 0.900. The van der Waals surface area contributed by atoms with Gasteiger partial charge in [-0.1, -0.05) is 32.6 Å². The zero-order valence-electron chi connectivity index (χ0n) is 15.7. The molecule has 0 aromatic rings. The summed E-state index contributed by atoms with van der Waals surface area (Å²) in [5.41, 5.74) is 0.211. The highest BCUT2D eigenvalue weighted by molar-refractivity contribution is 7.78. The highest BCUT2D eigenvalue weighted by Gasteiger charge is 2.56. The van der Waals surface area contributed by atoms with Crippen LogP contribution in [0.3, 0.4) is 0 Å². The highest BCUT2D eigenvalue weighted by atomic mass is 32.1. The largest absolute Gasteiger partial charge is 0.462 e. The first kappa shape index (κ1) is 19.0. The molecule has 2 heterocycles. The van der Waals surface area contributed by atoms with Gasteiger partial charge in [0, 0.05) is 37.4 Å². The van der Waals surface area contributed by atoms with E-state index < -0.39 is 0 Å². The van der Waals surface area contributed by atoms with Crippen LogP contribution in [0, 0.1) is 5.92 Å². The van der Waals surface area contributed by atoms with Crippen LogP contribution in [0.25, 0.3) is 0 Å². The number of isothiocyanates is 1. The molecule has 0 aromatic heterocycles. The average molecular weight is 365 g/mol. The van der Waals surface area contributed by atoms with Gasteiger partial charge in [0.05, 0.1) is 11.2 Å². The number of carbonyl (C=O) groups is 1. The van der Waals surface area contributed by atoms with Crippen molar-refractivity contribution in [3.05, 3.63) is 0 Å². The van der Waals surface area contributed by atoms with Crippen LogP contribution in [0.4, 0.5) is 0 Å². The van der Waals surface area contributed by atoms with Crippen LogP contribution in [0.1, 0.15) is 78.1 Å². The molecule has 4 nitrogen and oxygen atoms in total.